The minimum absolute atomic E-state index is 0.183. The first-order valence-electron chi connectivity index (χ1n) is 9.02. The summed E-state index contributed by atoms with van der Waals surface area (Å²) >= 11 is 0. The Bertz CT molecular complexity index is 1250. The molecule has 0 spiro atoms. The molecule has 0 saturated carbocycles. The van der Waals surface area contributed by atoms with Crippen LogP contribution in [0.2, 0.25) is 0 Å². The quantitative estimate of drug-likeness (QED) is 0.554. The molecule has 10 heteroatoms. The fraction of sp³-hybridized carbons (Fsp3) is 0.200. The van der Waals surface area contributed by atoms with Crippen LogP contribution in [0.3, 0.4) is 0 Å². The van der Waals surface area contributed by atoms with Crippen molar-refractivity contribution < 1.29 is 22.4 Å². The predicted molar refractivity (Wildman–Crippen MR) is 111 cm³/mol. The van der Waals surface area contributed by atoms with E-state index in [2.05, 4.69) is 10.3 Å². The largest absolute Gasteiger partial charge is 0.364 e. The number of carbonyl (C=O) groups excluding carboxylic acids is 2. The third kappa shape index (κ3) is 4.05. The zero-order chi connectivity index (χ0) is 22.2. The van der Waals surface area contributed by atoms with Crippen LogP contribution >= 0.6 is 0 Å². The van der Waals surface area contributed by atoms with Crippen LogP contribution in [0.5, 0.6) is 0 Å². The molecule has 0 unspecified atom stereocenters. The van der Waals surface area contributed by atoms with Gasteiger partial charge in [-0.05, 0) is 56.3 Å². The molecule has 2 amide bonds. The number of nitrogens with zero attached hydrogens (tertiary/aromatic N) is 1. The smallest absolute Gasteiger partial charge is 0.265 e. The van der Waals surface area contributed by atoms with Crippen LogP contribution in [0.15, 0.2) is 47.4 Å². The first kappa shape index (κ1) is 21.5. The van der Waals surface area contributed by atoms with E-state index in [1.165, 1.54) is 13.1 Å². The van der Waals surface area contributed by atoms with Gasteiger partial charge < -0.3 is 16.0 Å². The van der Waals surface area contributed by atoms with Crippen molar-refractivity contribution in [2.75, 3.05) is 12.4 Å². The second kappa shape index (κ2) is 7.88. The van der Waals surface area contributed by atoms with Gasteiger partial charge in [0.2, 0.25) is 10.0 Å². The van der Waals surface area contributed by atoms with Crippen LogP contribution in [0, 0.1) is 5.82 Å². The Morgan fingerprint density at radius 3 is 2.47 bits per heavy atom. The van der Waals surface area contributed by atoms with Crippen molar-refractivity contribution in [3.05, 3.63) is 59.5 Å². The zero-order valence-corrected chi connectivity index (χ0v) is 17.4. The van der Waals surface area contributed by atoms with E-state index in [1.54, 1.807) is 32.0 Å². The normalized spacial score (nSPS) is 11.9. The number of aromatic amines is 1. The number of H-pyrrole nitrogens is 1. The van der Waals surface area contributed by atoms with Crippen molar-refractivity contribution >= 4 is 38.4 Å². The van der Waals surface area contributed by atoms with E-state index in [1.807, 2.05) is 0 Å². The number of carbonyl (C=O) groups is 2. The lowest BCUT2D eigenvalue weighted by atomic mass is 10.2. The number of hydrogen-bond acceptors (Lipinski definition) is 4. The topological polar surface area (TPSA) is 125 Å². The molecule has 0 atom stereocenters. The predicted octanol–water partition coefficient (Wildman–Crippen LogP) is 2.69. The Kier molecular flexibility index (Phi) is 5.64. The summed E-state index contributed by atoms with van der Waals surface area (Å²) in [7, 11) is -2.47. The van der Waals surface area contributed by atoms with Gasteiger partial charge in [-0.2, -0.15) is 4.31 Å². The monoisotopic (exact) mass is 432 g/mol. The number of benzene rings is 2. The number of amides is 2. The second-order valence-electron chi connectivity index (χ2n) is 7.06. The number of halogens is 1. The molecule has 30 heavy (non-hydrogen) atoms. The van der Waals surface area contributed by atoms with Crippen molar-refractivity contribution in [2.24, 2.45) is 5.73 Å². The summed E-state index contributed by atoms with van der Waals surface area (Å²) in [5.41, 5.74) is 6.03. The minimum atomic E-state index is -3.88. The van der Waals surface area contributed by atoms with Gasteiger partial charge in [0.15, 0.2) is 0 Å². The van der Waals surface area contributed by atoms with E-state index in [4.69, 9.17) is 5.73 Å². The molecule has 1 heterocycles. The Hall–Kier alpha value is -3.24. The second-order valence-corrected chi connectivity index (χ2v) is 9.06. The van der Waals surface area contributed by atoms with Crippen molar-refractivity contribution in [3.8, 4) is 0 Å². The van der Waals surface area contributed by atoms with Gasteiger partial charge in [0.1, 0.15) is 11.5 Å². The van der Waals surface area contributed by atoms with Gasteiger partial charge in [-0.1, -0.05) is 0 Å². The number of fused-ring (bicyclic) bond motifs is 1. The Labute approximate surface area is 172 Å². The molecule has 0 radical (unpaired) electrons. The minimum Gasteiger partial charge on any atom is -0.364 e. The van der Waals surface area contributed by atoms with Gasteiger partial charge in [0, 0.05) is 29.7 Å². The van der Waals surface area contributed by atoms with Crippen LogP contribution in [0.4, 0.5) is 10.1 Å². The summed E-state index contributed by atoms with van der Waals surface area (Å²) in [5, 5.41) is 3.17. The van der Waals surface area contributed by atoms with Gasteiger partial charge >= 0.3 is 0 Å². The summed E-state index contributed by atoms with van der Waals surface area (Å²) in [6, 6.07) is 9.08. The third-order valence-electron chi connectivity index (χ3n) is 4.73. The summed E-state index contributed by atoms with van der Waals surface area (Å²) < 4.78 is 40.7. The highest BCUT2D eigenvalue weighted by atomic mass is 32.2. The number of nitrogens with one attached hydrogen (secondary N) is 2. The number of rotatable bonds is 6. The van der Waals surface area contributed by atoms with Crippen LogP contribution < -0.4 is 11.1 Å². The van der Waals surface area contributed by atoms with Crippen LogP contribution in [-0.2, 0) is 10.0 Å². The van der Waals surface area contributed by atoms with Crippen LogP contribution in [0.25, 0.3) is 10.9 Å². The molecule has 2 aromatic carbocycles. The maximum absolute atomic E-state index is 14.3. The lowest BCUT2D eigenvalue weighted by Crippen LogP contribution is -2.33. The van der Waals surface area contributed by atoms with Gasteiger partial charge in [-0.25, -0.2) is 12.8 Å². The fourth-order valence-electron chi connectivity index (χ4n) is 2.82. The molecule has 0 aliphatic heterocycles. The molecule has 0 saturated heterocycles. The molecular weight excluding hydrogens is 411 g/mol. The number of hydrogen-bond donors (Lipinski definition) is 3. The summed E-state index contributed by atoms with van der Waals surface area (Å²) in [6.45, 7) is 3.41. The Morgan fingerprint density at radius 2 is 1.83 bits per heavy atom. The summed E-state index contributed by atoms with van der Waals surface area (Å²) in [4.78, 5) is 26.6. The first-order chi connectivity index (χ1) is 14.0. The average molecular weight is 432 g/mol. The number of aromatic nitrogens is 1. The molecule has 158 valence electrons. The zero-order valence-electron chi connectivity index (χ0n) is 16.6. The van der Waals surface area contributed by atoms with E-state index >= 15 is 0 Å². The molecule has 0 bridgehead atoms. The molecule has 0 aliphatic carbocycles. The molecule has 8 nitrogen and oxygen atoms in total. The molecule has 3 aromatic rings. The molecule has 4 N–H and O–H groups in total. The Morgan fingerprint density at radius 1 is 1.13 bits per heavy atom. The molecule has 3 rings (SSSR count). The van der Waals surface area contributed by atoms with E-state index in [9.17, 15) is 22.4 Å². The van der Waals surface area contributed by atoms with Gasteiger partial charge in [-0.3, -0.25) is 9.59 Å². The maximum atomic E-state index is 14.3. The van der Waals surface area contributed by atoms with Gasteiger partial charge in [0.05, 0.1) is 10.5 Å². The van der Waals surface area contributed by atoms with E-state index in [0.717, 1.165) is 22.5 Å². The third-order valence-corrected chi connectivity index (χ3v) is 6.76. The highest BCUT2D eigenvalue weighted by Gasteiger charge is 2.25. The molecule has 1 aromatic heterocycles. The fourth-order valence-corrected chi connectivity index (χ4v) is 4.22. The first-order valence-corrected chi connectivity index (χ1v) is 10.5. The van der Waals surface area contributed by atoms with Crippen molar-refractivity contribution in [3.63, 3.8) is 0 Å². The maximum Gasteiger partial charge on any atom is 0.265 e. The lowest BCUT2D eigenvalue weighted by molar-refractivity contribution is 0.0993. The number of primary amides is 1. The van der Waals surface area contributed by atoms with Crippen molar-refractivity contribution in [1.82, 2.24) is 9.29 Å². The van der Waals surface area contributed by atoms with Crippen LogP contribution in [-0.4, -0.2) is 42.6 Å². The van der Waals surface area contributed by atoms with Crippen LogP contribution in [0.1, 0.15) is 34.7 Å². The summed E-state index contributed by atoms with van der Waals surface area (Å²) in [6.07, 6.45) is 0. The molecule has 0 fully saturated rings. The SMILES string of the molecule is CC(C)N(C)S(=O)(=O)c1ccc(F)c(C(=O)Nc2ccc3[nH]c(C(N)=O)cc3c2)c1. The summed E-state index contributed by atoms with van der Waals surface area (Å²) in [5.74, 6) is -2.28. The average Bonchev–Trinajstić information content (AvgIpc) is 3.11. The van der Waals surface area contributed by atoms with Crippen molar-refractivity contribution in [1.29, 1.82) is 0 Å². The Balaban J connectivity index is 1.92. The number of nitrogens with two attached hydrogens (primary N) is 1. The highest BCUT2D eigenvalue weighted by molar-refractivity contribution is 7.89. The van der Waals surface area contributed by atoms with Gasteiger partial charge in [-0.15, -0.1) is 0 Å². The number of sulfonamides is 1. The molecule has 0 aliphatic rings. The standard InChI is InChI=1S/C20H21FN4O4S/c1-11(2)25(3)30(28,29)14-5-6-16(21)15(10-14)20(27)23-13-4-7-17-12(8-13)9-18(24-17)19(22)26/h4-11,24H,1-3H3,(H2,22,26)(H,23,27). The van der Waals surface area contributed by atoms with E-state index < -0.39 is 33.2 Å². The van der Waals surface area contributed by atoms with E-state index in [-0.39, 0.29) is 16.6 Å². The van der Waals surface area contributed by atoms with Gasteiger partial charge in [0.25, 0.3) is 11.8 Å². The lowest BCUT2D eigenvalue weighted by Gasteiger charge is -2.21. The highest BCUT2D eigenvalue weighted by Crippen LogP contribution is 2.23. The molecular formula is C20H21FN4O4S. The number of anilines is 1. The van der Waals surface area contributed by atoms with Crippen molar-refractivity contribution in [2.45, 2.75) is 24.8 Å². The van der Waals surface area contributed by atoms with E-state index in [0.29, 0.717) is 16.6 Å².